The monoisotopic (exact) mass is 402 g/mol. The molecule has 1 amide bonds. The number of amides is 1. The molecule has 0 radical (unpaired) electrons. The fraction of sp³-hybridized carbons (Fsp3) is 0.167. The van der Waals surface area contributed by atoms with Crippen molar-refractivity contribution in [2.24, 2.45) is 0 Å². The number of anilines is 1. The van der Waals surface area contributed by atoms with Crippen molar-refractivity contribution in [3.05, 3.63) is 39.1 Å². The fourth-order valence-electron chi connectivity index (χ4n) is 1.88. The Morgan fingerprint density at radius 1 is 1.30 bits per heavy atom. The lowest BCUT2D eigenvalue weighted by atomic mass is 10.2. The topological polar surface area (TPSA) is 68.2 Å². The van der Waals surface area contributed by atoms with Gasteiger partial charge in [0.1, 0.15) is 27.4 Å². The molecule has 0 saturated heterocycles. The maximum Gasteiger partial charge on any atom is 0.267 e. The molecular weight excluding hydrogens is 395 g/mol. The molecule has 6 nitrogen and oxygen atoms in total. The highest BCUT2D eigenvalue weighted by Gasteiger charge is 2.28. The van der Waals surface area contributed by atoms with Crippen LogP contribution >= 0.6 is 34.2 Å². The van der Waals surface area contributed by atoms with E-state index in [4.69, 9.17) is 16.3 Å². The van der Waals surface area contributed by atoms with Gasteiger partial charge in [-0.3, -0.25) is 4.79 Å². The van der Waals surface area contributed by atoms with Crippen molar-refractivity contribution in [2.45, 2.75) is 0 Å². The van der Waals surface area contributed by atoms with Crippen molar-refractivity contribution in [3.8, 4) is 5.88 Å². The number of aromatic nitrogens is 3. The molecule has 1 aliphatic rings. The van der Waals surface area contributed by atoms with E-state index in [-0.39, 0.29) is 22.5 Å². The molecule has 0 N–H and O–H groups in total. The Morgan fingerprint density at radius 2 is 2.15 bits per heavy atom. The van der Waals surface area contributed by atoms with Gasteiger partial charge in [-0.15, -0.1) is 0 Å². The highest BCUT2D eigenvalue weighted by Crippen LogP contribution is 2.28. The number of ether oxygens (including phenoxy) is 1. The summed E-state index contributed by atoms with van der Waals surface area (Å²) < 4.78 is 6.31. The summed E-state index contributed by atoms with van der Waals surface area (Å²) in [7, 11) is 0. The standard InChI is InChI=1S/C12H8ClIN4O2/c13-10-9-11(17-6-16-10)20-4-3-18(12(9)19)7-1-2-8(14)15-5-7/h1-2,5-6H,3-4H2. The normalized spacial score (nSPS) is 14.5. The smallest absolute Gasteiger partial charge is 0.267 e. The maximum absolute atomic E-state index is 12.6. The van der Waals surface area contributed by atoms with Gasteiger partial charge in [-0.05, 0) is 34.7 Å². The molecule has 3 rings (SSSR count). The molecule has 0 aliphatic carbocycles. The van der Waals surface area contributed by atoms with Crippen LogP contribution < -0.4 is 9.64 Å². The zero-order valence-electron chi connectivity index (χ0n) is 10.1. The Hall–Kier alpha value is -1.48. The quantitative estimate of drug-likeness (QED) is 0.415. The molecule has 102 valence electrons. The molecular formula is C12H8ClIN4O2. The predicted octanol–water partition coefficient (Wildman–Crippen LogP) is 2.17. The summed E-state index contributed by atoms with van der Waals surface area (Å²) in [5.41, 5.74) is 0.872. The van der Waals surface area contributed by atoms with E-state index >= 15 is 0 Å². The average Bonchev–Trinajstić information content (AvgIpc) is 2.60. The summed E-state index contributed by atoms with van der Waals surface area (Å²) in [5.74, 6) is -0.0675. The van der Waals surface area contributed by atoms with E-state index in [0.29, 0.717) is 18.8 Å². The second-order valence-electron chi connectivity index (χ2n) is 3.99. The number of nitrogens with zero attached hydrogens (tertiary/aromatic N) is 4. The Labute approximate surface area is 133 Å². The summed E-state index contributed by atoms with van der Waals surface area (Å²) >= 11 is 8.10. The van der Waals surface area contributed by atoms with Crippen molar-refractivity contribution in [2.75, 3.05) is 18.1 Å². The number of pyridine rings is 1. The Balaban J connectivity index is 2.04. The molecule has 8 heteroatoms. The van der Waals surface area contributed by atoms with Crippen LogP contribution in [0.2, 0.25) is 5.15 Å². The van der Waals surface area contributed by atoms with Crippen LogP contribution in [-0.4, -0.2) is 34.0 Å². The van der Waals surface area contributed by atoms with Crippen LogP contribution in [0.5, 0.6) is 5.88 Å². The van der Waals surface area contributed by atoms with E-state index in [1.54, 1.807) is 11.1 Å². The Morgan fingerprint density at radius 3 is 2.90 bits per heavy atom. The van der Waals surface area contributed by atoms with Crippen molar-refractivity contribution in [3.63, 3.8) is 0 Å². The third-order valence-electron chi connectivity index (χ3n) is 2.80. The van der Waals surface area contributed by atoms with E-state index in [9.17, 15) is 4.79 Å². The zero-order chi connectivity index (χ0) is 14.1. The van der Waals surface area contributed by atoms with Gasteiger partial charge in [0.2, 0.25) is 5.88 Å². The van der Waals surface area contributed by atoms with Crippen molar-refractivity contribution in [1.82, 2.24) is 15.0 Å². The lowest BCUT2D eigenvalue weighted by Crippen LogP contribution is -2.32. The summed E-state index contributed by atoms with van der Waals surface area (Å²) in [4.78, 5) is 26.1. The second kappa shape index (κ2) is 5.49. The lowest BCUT2D eigenvalue weighted by Gasteiger charge is -2.19. The molecule has 0 aromatic carbocycles. The van der Waals surface area contributed by atoms with Gasteiger partial charge in [0.05, 0.1) is 18.4 Å². The van der Waals surface area contributed by atoms with Gasteiger partial charge in [-0.25, -0.2) is 15.0 Å². The van der Waals surface area contributed by atoms with Crippen molar-refractivity contribution in [1.29, 1.82) is 0 Å². The summed E-state index contributed by atoms with van der Waals surface area (Å²) in [6, 6.07) is 3.66. The van der Waals surface area contributed by atoms with Crippen LogP contribution in [0, 0.1) is 3.70 Å². The summed E-state index contributed by atoms with van der Waals surface area (Å²) in [5, 5.41) is 0.0883. The number of hydrogen-bond acceptors (Lipinski definition) is 5. The summed E-state index contributed by atoms with van der Waals surface area (Å²) in [6.45, 7) is 0.728. The lowest BCUT2D eigenvalue weighted by molar-refractivity contribution is 0.0989. The van der Waals surface area contributed by atoms with Gasteiger partial charge >= 0.3 is 0 Å². The van der Waals surface area contributed by atoms with Gasteiger partial charge in [0.15, 0.2) is 0 Å². The van der Waals surface area contributed by atoms with Crippen molar-refractivity contribution >= 4 is 45.8 Å². The molecule has 0 saturated carbocycles. The highest BCUT2D eigenvalue weighted by atomic mass is 127. The predicted molar refractivity (Wildman–Crippen MR) is 81.2 cm³/mol. The summed E-state index contributed by atoms with van der Waals surface area (Å²) in [6.07, 6.45) is 2.92. The largest absolute Gasteiger partial charge is 0.475 e. The van der Waals surface area contributed by atoms with Crippen LogP contribution in [-0.2, 0) is 0 Å². The van der Waals surface area contributed by atoms with Gasteiger partial charge < -0.3 is 9.64 Å². The molecule has 2 aromatic rings. The first-order chi connectivity index (χ1) is 9.66. The molecule has 20 heavy (non-hydrogen) atoms. The van der Waals surface area contributed by atoms with E-state index in [1.807, 2.05) is 12.1 Å². The molecule has 0 atom stereocenters. The maximum atomic E-state index is 12.6. The van der Waals surface area contributed by atoms with Crippen LogP contribution in [0.25, 0.3) is 0 Å². The van der Waals surface area contributed by atoms with Crippen LogP contribution in [0.1, 0.15) is 10.4 Å². The molecule has 1 aliphatic heterocycles. The molecule has 3 heterocycles. The zero-order valence-corrected chi connectivity index (χ0v) is 13.0. The van der Waals surface area contributed by atoms with Gasteiger partial charge in [0, 0.05) is 0 Å². The van der Waals surface area contributed by atoms with Gasteiger partial charge in [-0.2, -0.15) is 0 Å². The van der Waals surface area contributed by atoms with E-state index in [2.05, 4.69) is 37.5 Å². The van der Waals surface area contributed by atoms with Crippen molar-refractivity contribution < 1.29 is 9.53 Å². The number of fused-ring (bicyclic) bond motifs is 1. The minimum atomic E-state index is -0.286. The fourth-order valence-corrected chi connectivity index (χ4v) is 2.41. The molecule has 0 fully saturated rings. The SMILES string of the molecule is O=C1c2c(Cl)ncnc2OCCN1c1ccc(I)nc1. The minimum Gasteiger partial charge on any atom is -0.475 e. The Kier molecular flexibility index (Phi) is 3.70. The van der Waals surface area contributed by atoms with Gasteiger partial charge in [-0.1, -0.05) is 11.6 Å². The van der Waals surface area contributed by atoms with Crippen LogP contribution in [0.3, 0.4) is 0 Å². The Bertz CT molecular complexity index is 665. The first-order valence-electron chi connectivity index (χ1n) is 5.73. The first kappa shape index (κ1) is 13.5. The second-order valence-corrected chi connectivity index (χ2v) is 5.45. The van der Waals surface area contributed by atoms with Crippen LogP contribution in [0.4, 0.5) is 5.69 Å². The third-order valence-corrected chi connectivity index (χ3v) is 3.73. The number of hydrogen-bond donors (Lipinski definition) is 0. The molecule has 0 bridgehead atoms. The number of carbonyl (C=O) groups is 1. The average molecular weight is 403 g/mol. The highest BCUT2D eigenvalue weighted by molar-refractivity contribution is 14.1. The van der Waals surface area contributed by atoms with Crippen LogP contribution in [0.15, 0.2) is 24.7 Å². The van der Waals surface area contributed by atoms with E-state index < -0.39 is 0 Å². The molecule has 0 unspecified atom stereocenters. The third kappa shape index (κ3) is 2.42. The molecule has 2 aromatic heterocycles. The molecule has 0 spiro atoms. The number of carbonyl (C=O) groups excluding carboxylic acids is 1. The minimum absolute atomic E-state index is 0.0883. The van der Waals surface area contributed by atoms with E-state index in [1.165, 1.54) is 6.33 Å². The number of rotatable bonds is 1. The number of halogens is 2. The van der Waals surface area contributed by atoms with E-state index in [0.717, 1.165) is 3.70 Å². The first-order valence-corrected chi connectivity index (χ1v) is 7.19. The van der Waals surface area contributed by atoms with Gasteiger partial charge in [0.25, 0.3) is 5.91 Å².